The van der Waals surface area contributed by atoms with Crippen LogP contribution in [0.15, 0.2) is 29.2 Å². The molecule has 0 N–H and O–H groups in total. The monoisotopic (exact) mass is 452 g/mol. The lowest BCUT2D eigenvalue weighted by molar-refractivity contribution is -0.154. The Morgan fingerprint density at radius 1 is 1.06 bits per heavy atom. The van der Waals surface area contributed by atoms with Gasteiger partial charge in [0.05, 0.1) is 7.11 Å². The first-order valence-corrected chi connectivity index (χ1v) is 12.4. The van der Waals surface area contributed by atoms with Gasteiger partial charge in [-0.15, -0.1) is 0 Å². The number of carbonyl (C=O) groups excluding carboxylic acids is 2. The molecule has 3 atom stereocenters. The maximum Gasteiger partial charge on any atom is 0.328 e. The van der Waals surface area contributed by atoms with Gasteiger partial charge in [0.25, 0.3) is 0 Å². The summed E-state index contributed by atoms with van der Waals surface area (Å²) in [7, 11) is -2.60. The lowest BCUT2D eigenvalue weighted by atomic mass is 9.84. The van der Waals surface area contributed by atoms with E-state index in [1.165, 1.54) is 29.6 Å². The summed E-state index contributed by atoms with van der Waals surface area (Å²) in [6.45, 7) is 0.301. The van der Waals surface area contributed by atoms with Crippen molar-refractivity contribution in [2.24, 2.45) is 11.8 Å². The molecule has 1 saturated carbocycles. The number of hydrogen-bond acceptors (Lipinski definition) is 5. The zero-order chi connectivity index (χ0) is 22.2. The average Bonchev–Trinajstić information content (AvgIpc) is 3.18. The number of ether oxygens (including phenoxy) is 1. The van der Waals surface area contributed by atoms with Gasteiger partial charge in [0, 0.05) is 25.0 Å². The number of methoxy groups -OCH3 is 1. The van der Waals surface area contributed by atoms with Crippen LogP contribution < -0.4 is 0 Å². The number of hydrogen-bond donors (Lipinski definition) is 0. The van der Waals surface area contributed by atoms with Crippen molar-refractivity contribution in [1.82, 2.24) is 9.21 Å². The Morgan fingerprint density at radius 2 is 1.74 bits per heavy atom. The van der Waals surface area contributed by atoms with Crippen molar-refractivity contribution >= 4 is 21.9 Å². The van der Waals surface area contributed by atoms with Crippen LogP contribution in [0.25, 0.3) is 0 Å². The van der Waals surface area contributed by atoms with E-state index in [-0.39, 0.29) is 41.8 Å². The van der Waals surface area contributed by atoms with Gasteiger partial charge in [0.15, 0.2) is 0 Å². The van der Waals surface area contributed by atoms with Gasteiger partial charge in [0.1, 0.15) is 16.8 Å². The molecule has 0 unspecified atom stereocenters. The van der Waals surface area contributed by atoms with Gasteiger partial charge in [-0.25, -0.2) is 17.6 Å². The summed E-state index contributed by atoms with van der Waals surface area (Å²) in [6.07, 6.45) is 5.42. The molecule has 1 aromatic carbocycles. The molecule has 31 heavy (non-hydrogen) atoms. The van der Waals surface area contributed by atoms with Crippen molar-refractivity contribution in [2.45, 2.75) is 61.9 Å². The van der Waals surface area contributed by atoms with Crippen LogP contribution in [0, 0.1) is 17.7 Å². The van der Waals surface area contributed by atoms with Crippen LogP contribution in [0.2, 0.25) is 0 Å². The van der Waals surface area contributed by atoms with Crippen LogP contribution in [0.5, 0.6) is 0 Å². The van der Waals surface area contributed by atoms with Crippen molar-refractivity contribution in [3.63, 3.8) is 0 Å². The van der Waals surface area contributed by atoms with Crippen LogP contribution in [0.3, 0.4) is 0 Å². The number of esters is 1. The minimum atomic E-state index is -3.95. The Kier molecular flexibility index (Phi) is 6.35. The Labute approximate surface area is 182 Å². The van der Waals surface area contributed by atoms with Crippen molar-refractivity contribution in [1.29, 1.82) is 0 Å². The van der Waals surface area contributed by atoms with Crippen LogP contribution in [-0.2, 0) is 24.3 Å². The standard InChI is InChI=1S/C22H29FN2O5S/c1-30-22(27)19-14-16-6-2-4-8-18(16)25(19)21(26)15-10-12-24(13-11-15)31(28,29)20-9-5-3-7-17(20)23/h3,5,7,9,15-16,18-19H,2,4,6,8,10-14H2,1H3/t16-,18-,19+/m1/s1. The lowest BCUT2D eigenvalue weighted by Gasteiger charge is -2.38. The van der Waals surface area contributed by atoms with Gasteiger partial charge in [-0.05, 0) is 50.2 Å². The molecule has 0 radical (unpaired) electrons. The Bertz CT molecular complexity index is 945. The number of benzene rings is 1. The predicted octanol–water partition coefficient (Wildman–Crippen LogP) is 2.56. The number of rotatable bonds is 4. The second kappa shape index (κ2) is 8.86. The zero-order valence-corrected chi connectivity index (χ0v) is 18.5. The summed E-state index contributed by atoms with van der Waals surface area (Å²) in [5.41, 5.74) is 0. The Balaban J connectivity index is 1.47. The van der Waals surface area contributed by atoms with E-state index in [4.69, 9.17) is 4.74 Å². The predicted molar refractivity (Wildman–Crippen MR) is 111 cm³/mol. The second-order valence-electron chi connectivity index (χ2n) is 8.74. The molecule has 2 saturated heterocycles. The highest BCUT2D eigenvalue weighted by atomic mass is 32.2. The lowest BCUT2D eigenvalue weighted by Crippen LogP contribution is -2.51. The molecule has 0 aromatic heterocycles. The van der Waals surface area contributed by atoms with Crippen molar-refractivity contribution in [3.8, 4) is 0 Å². The molecule has 170 valence electrons. The SMILES string of the molecule is COC(=O)[C@@H]1C[C@H]2CCCC[C@H]2N1C(=O)C1CCN(S(=O)(=O)c2ccccc2F)CC1. The van der Waals surface area contributed by atoms with E-state index in [1.807, 2.05) is 0 Å². The minimum Gasteiger partial charge on any atom is -0.467 e. The van der Waals surface area contributed by atoms with Gasteiger partial charge in [-0.2, -0.15) is 4.31 Å². The average molecular weight is 453 g/mol. The molecule has 3 fully saturated rings. The molecule has 1 amide bonds. The van der Waals surface area contributed by atoms with Gasteiger partial charge in [-0.1, -0.05) is 25.0 Å². The molecule has 7 nitrogen and oxygen atoms in total. The summed E-state index contributed by atoms with van der Waals surface area (Å²) in [6, 6.07) is 4.84. The van der Waals surface area contributed by atoms with E-state index in [2.05, 4.69) is 0 Å². The number of likely N-dealkylation sites (tertiary alicyclic amines) is 1. The largest absolute Gasteiger partial charge is 0.467 e. The number of amides is 1. The minimum absolute atomic E-state index is 0.0607. The quantitative estimate of drug-likeness (QED) is 0.656. The van der Waals surface area contributed by atoms with Crippen LogP contribution >= 0.6 is 0 Å². The fourth-order valence-electron chi connectivity index (χ4n) is 5.47. The molecule has 0 spiro atoms. The molecule has 1 aliphatic carbocycles. The number of piperidine rings is 1. The molecule has 2 heterocycles. The molecule has 3 aliphatic rings. The fourth-order valence-corrected chi connectivity index (χ4v) is 7.01. The number of nitrogens with zero attached hydrogens (tertiary/aromatic N) is 2. The van der Waals surface area contributed by atoms with E-state index in [9.17, 15) is 22.4 Å². The van der Waals surface area contributed by atoms with E-state index >= 15 is 0 Å². The summed E-state index contributed by atoms with van der Waals surface area (Å²) in [4.78, 5) is 27.3. The summed E-state index contributed by atoms with van der Waals surface area (Å²) >= 11 is 0. The first kappa shape index (κ1) is 22.2. The molecule has 4 rings (SSSR count). The molecule has 0 bridgehead atoms. The molecular formula is C22H29FN2O5S. The third-order valence-corrected chi connectivity index (χ3v) is 9.01. The van der Waals surface area contributed by atoms with Gasteiger partial charge in [-0.3, -0.25) is 4.79 Å². The van der Waals surface area contributed by atoms with E-state index in [0.29, 0.717) is 25.2 Å². The highest BCUT2D eigenvalue weighted by Crippen LogP contribution is 2.41. The molecule has 2 aliphatic heterocycles. The summed E-state index contributed by atoms with van der Waals surface area (Å²) in [5, 5.41) is 0. The van der Waals surface area contributed by atoms with Gasteiger partial charge < -0.3 is 9.64 Å². The van der Waals surface area contributed by atoms with Crippen molar-refractivity contribution in [2.75, 3.05) is 20.2 Å². The van der Waals surface area contributed by atoms with Crippen LogP contribution in [0.4, 0.5) is 4.39 Å². The molecule has 9 heteroatoms. The van der Waals surface area contributed by atoms with E-state index in [0.717, 1.165) is 31.7 Å². The smallest absolute Gasteiger partial charge is 0.328 e. The second-order valence-corrected chi connectivity index (χ2v) is 10.6. The first-order valence-electron chi connectivity index (χ1n) is 11.0. The molecule has 1 aromatic rings. The highest BCUT2D eigenvalue weighted by molar-refractivity contribution is 7.89. The van der Waals surface area contributed by atoms with Crippen molar-refractivity contribution in [3.05, 3.63) is 30.1 Å². The first-order chi connectivity index (χ1) is 14.8. The topological polar surface area (TPSA) is 84.0 Å². The Hall–Kier alpha value is -2.00. The van der Waals surface area contributed by atoms with Crippen molar-refractivity contribution < 1.29 is 27.1 Å². The maximum atomic E-state index is 14.0. The number of carbonyl (C=O) groups is 2. The Morgan fingerprint density at radius 3 is 2.42 bits per heavy atom. The van der Waals surface area contributed by atoms with E-state index < -0.39 is 21.9 Å². The fraction of sp³-hybridized carbons (Fsp3) is 0.636. The normalized spacial score (nSPS) is 27.7. The summed E-state index contributed by atoms with van der Waals surface area (Å²) in [5.74, 6) is -1.25. The zero-order valence-electron chi connectivity index (χ0n) is 17.7. The summed E-state index contributed by atoms with van der Waals surface area (Å²) < 4.78 is 46.0. The molecular weight excluding hydrogens is 423 g/mol. The number of fused-ring (bicyclic) bond motifs is 1. The number of halogens is 1. The third kappa shape index (κ3) is 4.09. The third-order valence-electron chi connectivity index (χ3n) is 7.07. The van der Waals surface area contributed by atoms with Crippen LogP contribution in [0.1, 0.15) is 44.9 Å². The van der Waals surface area contributed by atoms with Crippen LogP contribution in [-0.4, -0.2) is 61.8 Å². The maximum absolute atomic E-state index is 14.0. The van der Waals surface area contributed by atoms with E-state index in [1.54, 1.807) is 4.90 Å². The highest BCUT2D eigenvalue weighted by Gasteiger charge is 2.49. The van der Waals surface area contributed by atoms with Gasteiger partial charge >= 0.3 is 5.97 Å². The van der Waals surface area contributed by atoms with Gasteiger partial charge in [0.2, 0.25) is 15.9 Å². The number of sulfonamides is 1.